The van der Waals surface area contributed by atoms with Crippen LogP contribution in [0.15, 0.2) is 48.5 Å². The van der Waals surface area contributed by atoms with E-state index in [1.165, 1.54) is 0 Å². The van der Waals surface area contributed by atoms with Crippen molar-refractivity contribution in [2.45, 2.75) is 19.6 Å². The number of amides is 1. The summed E-state index contributed by atoms with van der Waals surface area (Å²) in [6.07, 6.45) is -0.601. The molecule has 0 aliphatic carbocycles. The van der Waals surface area contributed by atoms with Crippen LogP contribution in [0.3, 0.4) is 0 Å². The lowest BCUT2D eigenvalue weighted by Gasteiger charge is -2.15. The summed E-state index contributed by atoms with van der Waals surface area (Å²) in [4.78, 5) is 12.1. The van der Waals surface area contributed by atoms with Crippen LogP contribution in [0.5, 0.6) is 11.5 Å². The third kappa shape index (κ3) is 4.40. The Balaban J connectivity index is 1.87. The van der Waals surface area contributed by atoms with Crippen molar-refractivity contribution in [1.29, 1.82) is 0 Å². The smallest absolute Gasteiger partial charge is 0.261 e. The molecule has 1 amide bonds. The maximum absolute atomic E-state index is 12.1. The van der Waals surface area contributed by atoms with E-state index in [-0.39, 0.29) is 5.91 Å². The number of hydrogen-bond donors (Lipinski definition) is 1. The summed E-state index contributed by atoms with van der Waals surface area (Å²) in [6, 6.07) is 14.5. The standard InChI is InChI=1S/C17H18ClNO3/c1-12(22-15-9-7-14(21-2)8-10-15)17(20)19-11-13-5-3-4-6-16(13)18/h3-10,12H,11H2,1-2H3,(H,19,20)/t12-/m1/s1. The maximum atomic E-state index is 12.1. The van der Waals surface area contributed by atoms with Gasteiger partial charge in [-0.3, -0.25) is 4.79 Å². The molecule has 2 aromatic rings. The molecular formula is C17H18ClNO3. The predicted octanol–water partition coefficient (Wildman–Crippen LogP) is 3.43. The fraction of sp³-hybridized carbons (Fsp3) is 0.235. The Morgan fingerprint density at radius 3 is 2.41 bits per heavy atom. The zero-order chi connectivity index (χ0) is 15.9. The summed E-state index contributed by atoms with van der Waals surface area (Å²) < 4.78 is 10.7. The molecular weight excluding hydrogens is 302 g/mol. The number of carbonyl (C=O) groups excluding carboxylic acids is 1. The number of benzene rings is 2. The molecule has 0 saturated heterocycles. The maximum Gasteiger partial charge on any atom is 0.261 e. The first-order chi connectivity index (χ1) is 10.6. The van der Waals surface area contributed by atoms with Crippen molar-refractivity contribution in [3.8, 4) is 11.5 Å². The third-order valence-corrected chi connectivity index (χ3v) is 3.52. The zero-order valence-corrected chi connectivity index (χ0v) is 13.3. The molecule has 0 bridgehead atoms. The fourth-order valence-corrected chi connectivity index (χ4v) is 2.08. The summed E-state index contributed by atoms with van der Waals surface area (Å²) in [6.45, 7) is 2.07. The summed E-state index contributed by atoms with van der Waals surface area (Å²) in [5, 5.41) is 3.44. The fourth-order valence-electron chi connectivity index (χ4n) is 1.88. The molecule has 22 heavy (non-hydrogen) atoms. The summed E-state index contributed by atoms with van der Waals surface area (Å²) in [5.41, 5.74) is 0.870. The van der Waals surface area contributed by atoms with Gasteiger partial charge in [0.15, 0.2) is 6.10 Å². The van der Waals surface area contributed by atoms with Gasteiger partial charge in [-0.25, -0.2) is 0 Å². The molecule has 5 heteroatoms. The van der Waals surface area contributed by atoms with Gasteiger partial charge in [-0.05, 0) is 42.8 Å². The predicted molar refractivity (Wildman–Crippen MR) is 86.4 cm³/mol. The number of halogens is 1. The van der Waals surface area contributed by atoms with E-state index in [9.17, 15) is 4.79 Å². The molecule has 0 aromatic heterocycles. The number of rotatable bonds is 6. The molecule has 4 nitrogen and oxygen atoms in total. The second-order valence-electron chi connectivity index (χ2n) is 4.74. The molecule has 2 rings (SSSR count). The monoisotopic (exact) mass is 319 g/mol. The minimum Gasteiger partial charge on any atom is -0.497 e. The Bertz CT molecular complexity index is 628. The van der Waals surface area contributed by atoms with Gasteiger partial charge in [-0.1, -0.05) is 29.8 Å². The number of carbonyl (C=O) groups is 1. The minimum absolute atomic E-state index is 0.198. The summed E-state index contributed by atoms with van der Waals surface area (Å²) >= 11 is 6.05. The molecule has 0 spiro atoms. The molecule has 0 radical (unpaired) electrons. The van der Waals surface area contributed by atoms with Crippen LogP contribution in [-0.4, -0.2) is 19.1 Å². The van der Waals surface area contributed by atoms with Gasteiger partial charge in [-0.2, -0.15) is 0 Å². The lowest BCUT2D eigenvalue weighted by molar-refractivity contribution is -0.127. The van der Waals surface area contributed by atoms with E-state index in [2.05, 4.69) is 5.32 Å². The van der Waals surface area contributed by atoms with Crippen LogP contribution in [0.25, 0.3) is 0 Å². The molecule has 0 saturated carbocycles. The van der Waals surface area contributed by atoms with Gasteiger partial charge in [0.25, 0.3) is 5.91 Å². The highest BCUT2D eigenvalue weighted by Gasteiger charge is 2.14. The highest BCUT2D eigenvalue weighted by molar-refractivity contribution is 6.31. The van der Waals surface area contributed by atoms with Crippen molar-refractivity contribution in [2.75, 3.05) is 7.11 Å². The van der Waals surface area contributed by atoms with Gasteiger partial charge in [0.05, 0.1) is 7.11 Å². The van der Waals surface area contributed by atoms with Gasteiger partial charge in [0, 0.05) is 11.6 Å². The average Bonchev–Trinajstić information content (AvgIpc) is 2.54. The number of nitrogens with one attached hydrogen (secondary N) is 1. The Labute approximate surface area is 135 Å². The van der Waals surface area contributed by atoms with E-state index in [0.717, 1.165) is 11.3 Å². The van der Waals surface area contributed by atoms with Crippen molar-refractivity contribution < 1.29 is 14.3 Å². The first kappa shape index (κ1) is 16.2. The first-order valence-electron chi connectivity index (χ1n) is 6.92. The SMILES string of the molecule is COc1ccc(O[C@H](C)C(=O)NCc2ccccc2Cl)cc1. The van der Waals surface area contributed by atoms with Crippen molar-refractivity contribution >= 4 is 17.5 Å². The van der Waals surface area contributed by atoms with Crippen LogP contribution < -0.4 is 14.8 Å². The second kappa shape index (κ2) is 7.71. The number of methoxy groups -OCH3 is 1. The molecule has 0 heterocycles. The Morgan fingerprint density at radius 2 is 1.77 bits per heavy atom. The molecule has 2 aromatic carbocycles. The van der Waals surface area contributed by atoms with Gasteiger partial charge in [-0.15, -0.1) is 0 Å². The Kier molecular flexibility index (Phi) is 5.67. The van der Waals surface area contributed by atoms with Gasteiger partial charge in [0.1, 0.15) is 11.5 Å². The zero-order valence-electron chi connectivity index (χ0n) is 12.5. The van der Waals surface area contributed by atoms with E-state index < -0.39 is 6.10 Å². The van der Waals surface area contributed by atoms with E-state index in [0.29, 0.717) is 17.3 Å². The Morgan fingerprint density at radius 1 is 1.14 bits per heavy atom. The van der Waals surface area contributed by atoms with Crippen LogP contribution in [-0.2, 0) is 11.3 Å². The van der Waals surface area contributed by atoms with E-state index in [1.54, 1.807) is 44.4 Å². The average molecular weight is 320 g/mol. The normalized spacial score (nSPS) is 11.6. The van der Waals surface area contributed by atoms with E-state index in [4.69, 9.17) is 21.1 Å². The number of hydrogen-bond acceptors (Lipinski definition) is 3. The van der Waals surface area contributed by atoms with Crippen LogP contribution in [0.4, 0.5) is 0 Å². The van der Waals surface area contributed by atoms with Crippen LogP contribution in [0.2, 0.25) is 5.02 Å². The largest absolute Gasteiger partial charge is 0.497 e. The summed E-state index contributed by atoms with van der Waals surface area (Å²) in [7, 11) is 1.60. The topological polar surface area (TPSA) is 47.6 Å². The highest BCUT2D eigenvalue weighted by atomic mass is 35.5. The lowest BCUT2D eigenvalue weighted by Crippen LogP contribution is -2.35. The van der Waals surface area contributed by atoms with Crippen molar-refractivity contribution in [3.05, 3.63) is 59.1 Å². The van der Waals surface area contributed by atoms with Crippen LogP contribution >= 0.6 is 11.6 Å². The number of ether oxygens (including phenoxy) is 2. The van der Waals surface area contributed by atoms with Crippen molar-refractivity contribution in [1.82, 2.24) is 5.32 Å². The molecule has 1 atom stereocenters. The van der Waals surface area contributed by atoms with E-state index >= 15 is 0 Å². The van der Waals surface area contributed by atoms with Gasteiger partial charge < -0.3 is 14.8 Å². The van der Waals surface area contributed by atoms with Crippen molar-refractivity contribution in [3.63, 3.8) is 0 Å². The Hall–Kier alpha value is -2.20. The molecule has 0 unspecified atom stereocenters. The minimum atomic E-state index is -0.601. The van der Waals surface area contributed by atoms with E-state index in [1.807, 2.05) is 18.2 Å². The van der Waals surface area contributed by atoms with Crippen LogP contribution in [0, 0.1) is 0 Å². The molecule has 0 fully saturated rings. The second-order valence-corrected chi connectivity index (χ2v) is 5.15. The van der Waals surface area contributed by atoms with Gasteiger partial charge >= 0.3 is 0 Å². The van der Waals surface area contributed by atoms with Crippen LogP contribution in [0.1, 0.15) is 12.5 Å². The first-order valence-corrected chi connectivity index (χ1v) is 7.30. The summed E-state index contributed by atoms with van der Waals surface area (Å²) in [5.74, 6) is 1.15. The highest BCUT2D eigenvalue weighted by Crippen LogP contribution is 2.18. The quantitative estimate of drug-likeness (QED) is 0.887. The molecule has 1 N–H and O–H groups in total. The van der Waals surface area contributed by atoms with Crippen molar-refractivity contribution in [2.24, 2.45) is 0 Å². The molecule has 116 valence electrons. The lowest BCUT2D eigenvalue weighted by atomic mass is 10.2. The molecule has 0 aliphatic heterocycles. The molecule has 0 aliphatic rings. The third-order valence-electron chi connectivity index (χ3n) is 3.15. The van der Waals surface area contributed by atoms with Gasteiger partial charge in [0.2, 0.25) is 0 Å².